The summed E-state index contributed by atoms with van der Waals surface area (Å²) in [5, 5.41) is 12.8. The maximum absolute atomic E-state index is 12.4. The van der Waals surface area contributed by atoms with E-state index in [9.17, 15) is 18.3 Å². The summed E-state index contributed by atoms with van der Waals surface area (Å²) in [6.07, 6.45) is -1.48. The van der Waals surface area contributed by atoms with Crippen LogP contribution in [0.2, 0.25) is 0 Å². The van der Waals surface area contributed by atoms with Crippen molar-refractivity contribution in [3.05, 3.63) is 35.4 Å². The normalized spacial score (nSPS) is 26.4. The van der Waals surface area contributed by atoms with Crippen LogP contribution >= 0.6 is 0 Å². The van der Waals surface area contributed by atoms with Crippen LogP contribution in [-0.2, 0) is 6.61 Å². The third-order valence-corrected chi connectivity index (χ3v) is 4.79. The van der Waals surface area contributed by atoms with Crippen molar-refractivity contribution in [2.45, 2.75) is 50.0 Å². The SMILES string of the molecule is OCc1cccc(C2CC2NC2CCN(CC(F)(F)F)CC2)c1. The van der Waals surface area contributed by atoms with E-state index in [1.165, 1.54) is 10.5 Å². The Labute approximate surface area is 134 Å². The fourth-order valence-electron chi connectivity index (χ4n) is 3.48. The molecule has 0 spiro atoms. The standard InChI is InChI=1S/C17H23F3N2O/c18-17(19,20)11-22-6-4-14(5-7-22)21-16-9-15(16)13-3-1-2-12(8-13)10-23/h1-3,8,14-16,21,23H,4-7,9-11H2. The summed E-state index contributed by atoms with van der Waals surface area (Å²) in [4.78, 5) is 1.49. The molecule has 1 aromatic rings. The average molecular weight is 328 g/mol. The second kappa shape index (κ2) is 6.79. The van der Waals surface area contributed by atoms with E-state index in [-0.39, 0.29) is 6.61 Å². The van der Waals surface area contributed by atoms with Gasteiger partial charge in [-0.25, -0.2) is 0 Å². The molecule has 2 aliphatic rings. The largest absolute Gasteiger partial charge is 0.401 e. The van der Waals surface area contributed by atoms with Gasteiger partial charge in [-0.05, 0) is 43.5 Å². The smallest absolute Gasteiger partial charge is 0.392 e. The summed E-state index contributed by atoms with van der Waals surface area (Å²) < 4.78 is 37.1. The lowest BCUT2D eigenvalue weighted by atomic mass is 10.0. The van der Waals surface area contributed by atoms with Crippen molar-refractivity contribution in [1.29, 1.82) is 0 Å². The van der Waals surface area contributed by atoms with Gasteiger partial charge in [0.2, 0.25) is 0 Å². The number of benzene rings is 1. The molecule has 2 atom stereocenters. The van der Waals surface area contributed by atoms with Gasteiger partial charge in [0.25, 0.3) is 0 Å². The molecule has 2 N–H and O–H groups in total. The van der Waals surface area contributed by atoms with Gasteiger partial charge < -0.3 is 10.4 Å². The summed E-state index contributed by atoms with van der Waals surface area (Å²) in [5.74, 6) is 0.467. The Kier molecular flexibility index (Phi) is 4.94. The van der Waals surface area contributed by atoms with Crippen LogP contribution in [0.3, 0.4) is 0 Å². The fourth-order valence-corrected chi connectivity index (χ4v) is 3.48. The molecule has 0 amide bonds. The minimum atomic E-state index is -4.10. The summed E-state index contributed by atoms with van der Waals surface area (Å²) in [7, 11) is 0. The van der Waals surface area contributed by atoms with Gasteiger partial charge in [-0.2, -0.15) is 13.2 Å². The third kappa shape index (κ3) is 4.68. The van der Waals surface area contributed by atoms with Crippen molar-refractivity contribution in [3.8, 4) is 0 Å². The minimum Gasteiger partial charge on any atom is -0.392 e. The molecule has 2 unspecified atom stereocenters. The van der Waals surface area contributed by atoms with E-state index in [4.69, 9.17) is 0 Å². The van der Waals surface area contributed by atoms with Crippen molar-refractivity contribution in [2.24, 2.45) is 0 Å². The van der Waals surface area contributed by atoms with Crippen LogP contribution in [0.4, 0.5) is 13.2 Å². The van der Waals surface area contributed by atoms with E-state index in [1.54, 1.807) is 0 Å². The number of piperidine rings is 1. The van der Waals surface area contributed by atoms with Crippen LogP contribution in [0, 0.1) is 0 Å². The highest BCUT2D eigenvalue weighted by atomic mass is 19.4. The molecule has 1 saturated carbocycles. The Morgan fingerprint density at radius 1 is 1.22 bits per heavy atom. The number of hydrogen-bond donors (Lipinski definition) is 2. The van der Waals surface area contributed by atoms with E-state index >= 15 is 0 Å². The maximum Gasteiger partial charge on any atom is 0.401 e. The molecule has 3 nitrogen and oxygen atoms in total. The lowest BCUT2D eigenvalue weighted by molar-refractivity contribution is -0.148. The van der Waals surface area contributed by atoms with Gasteiger partial charge in [0.1, 0.15) is 0 Å². The Hall–Kier alpha value is -1.11. The molecular formula is C17H23F3N2O. The molecule has 1 saturated heterocycles. The van der Waals surface area contributed by atoms with Gasteiger partial charge in [-0.1, -0.05) is 24.3 Å². The monoisotopic (exact) mass is 328 g/mol. The molecule has 6 heteroatoms. The highest BCUT2D eigenvalue weighted by Crippen LogP contribution is 2.41. The Morgan fingerprint density at radius 2 is 1.96 bits per heavy atom. The van der Waals surface area contributed by atoms with Crippen LogP contribution in [0.5, 0.6) is 0 Å². The molecular weight excluding hydrogens is 305 g/mol. The molecule has 3 rings (SSSR count). The van der Waals surface area contributed by atoms with Gasteiger partial charge in [0.05, 0.1) is 13.2 Å². The lowest BCUT2D eigenvalue weighted by Gasteiger charge is -2.33. The molecule has 1 heterocycles. The van der Waals surface area contributed by atoms with Crippen molar-refractivity contribution < 1.29 is 18.3 Å². The first-order valence-electron chi connectivity index (χ1n) is 8.19. The summed E-state index contributed by atoms with van der Waals surface area (Å²) >= 11 is 0. The highest BCUT2D eigenvalue weighted by Gasteiger charge is 2.40. The van der Waals surface area contributed by atoms with Gasteiger partial charge >= 0.3 is 6.18 Å². The number of hydrogen-bond acceptors (Lipinski definition) is 3. The number of alkyl halides is 3. The van der Waals surface area contributed by atoms with Gasteiger partial charge in [0.15, 0.2) is 0 Å². The molecule has 128 valence electrons. The minimum absolute atomic E-state index is 0.0519. The predicted octanol–water partition coefficient (Wildman–Crippen LogP) is 2.65. The van der Waals surface area contributed by atoms with Crippen molar-refractivity contribution in [3.63, 3.8) is 0 Å². The Balaban J connectivity index is 1.44. The molecule has 0 radical (unpaired) electrons. The van der Waals surface area contributed by atoms with Crippen LogP contribution < -0.4 is 5.32 Å². The lowest BCUT2D eigenvalue weighted by Crippen LogP contribution is -2.46. The van der Waals surface area contributed by atoms with Crippen LogP contribution in [0.15, 0.2) is 24.3 Å². The average Bonchev–Trinajstić information content (AvgIpc) is 3.27. The zero-order chi connectivity index (χ0) is 16.4. The quantitative estimate of drug-likeness (QED) is 0.872. The number of aliphatic hydroxyl groups excluding tert-OH is 1. The molecule has 1 aliphatic carbocycles. The van der Waals surface area contributed by atoms with Crippen LogP contribution in [-0.4, -0.2) is 47.9 Å². The Morgan fingerprint density at radius 3 is 2.61 bits per heavy atom. The molecule has 0 aromatic heterocycles. The first-order chi connectivity index (χ1) is 10.9. The molecule has 23 heavy (non-hydrogen) atoms. The Bertz CT molecular complexity index is 527. The van der Waals surface area contributed by atoms with Crippen LogP contribution in [0.25, 0.3) is 0 Å². The highest BCUT2D eigenvalue weighted by molar-refractivity contribution is 5.31. The van der Waals surface area contributed by atoms with Crippen molar-refractivity contribution in [2.75, 3.05) is 19.6 Å². The van der Waals surface area contributed by atoms with Crippen LogP contribution in [0.1, 0.15) is 36.3 Å². The van der Waals surface area contributed by atoms with E-state index < -0.39 is 12.7 Å². The molecule has 1 aromatic carbocycles. The van der Waals surface area contributed by atoms with Gasteiger partial charge in [-0.3, -0.25) is 4.90 Å². The number of nitrogens with one attached hydrogen (secondary N) is 1. The summed E-state index contributed by atoms with van der Waals surface area (Å²) in [6, 6.07) is 8.73. The predicted molar refractivity (Wildman–Crippen MR) is 82.2 cm³/mol. The number of rotatable bonds is 5. The first kappa shape index (κ1) is 16.7. The number of likely N-dealkylation sites (tertiary alicyclic amines) is 1. The second-order valence-electron chi connectivity index (χ2n) is 6.68. The fraction of sp³-hybridized carbons (Fsp3) is 0.647. The van der Waals surface area contributed by atoms with E-state index in [0.29, 0.717) is 31.1 Å². The van der Waals surface area contributed by atoms with E-state index in [1.807, 2.05) is 18.2 Å². The molecule has 1 aliphatic heterocycles. The topological polar surface area (TPSA) is 35.5 Å². The number of aliphatic hydroxyl groups is 1. The summed E-state index contributed by atoms with van der Waals surface area (Å²) in [5.41, 5.74) is 2.16. The zero-order valence-electron chi connectivity index (χ0n) is 13.0. The van der Waals surface area contributed by atoms with Gasteiger partial charge in [0, 0.05) is 18.0 Å². The maximum atomic E-state index is 12.4. The molecule has 0 bridgehead atoms. The first-order valence-corrected chi connectivity index (χ1v) is 8.19. The second-order valence-corrected chi connectivity index (χ2v) is 6.68. The van der Waals surface area contributed by atoms with Gasteiger partial charge in [-0.15, -0.1) is 0 Å². The third-order valence-electron chi connectivity index (χ3n) is 4.79. The van der Waals surface area contributed by atoms with E-state index in [2.05, 4.69) is 11.4 Å². The number of nitrogens with zero attached hydrogens (tertiary/aromatic N) is 1. The zero-order valence-corrected chi connectivity index (χ0v) is 13.0. The summed E-state index contributed by atoms with van der Waals surface area (Å²) in [6.45, 7) is 0.277. The van der Waals surface area contributed by atoms with E-state index in [0.717, 1.165) is 24.8 Å². The molecule has 2 fully saturated rings. The number of halogens is 3. The van der Waals surface area contributed by atoms with Crippen molar-refractivity contribution >= 4 is 0 Å². The van der Waals surface area contributed by atoms with Crippen molar-refractivity contribution in [1.82, 2.24) is 10.2 Å².